The van der Waals surface area contributed by atoms with Gasteiger partial charge in [0, 0.05) is 17.8 Å². The number of nitrogens with zero attached hydrogens (tertiary/aromatic N) is 2. The molecule has 3 aromatic carbocycles. The Hall–Kier alpha value is -3.58. The van der Waals surface area contributed by atoms with Gasteiger partial charge < -0.3 is 4.74 Å². The van der Waals surface area contributed by atoms with Gasteiger partial charge in [-0.1, -0.05) is 54.2 Å². The van der Waals surface area contributed by atoms with E-state index in [2.05, 4.69) is 0 Å². The van der Waals surface area contributed by atoms with Crippen molar-refractivity contribution in [1.29, 1.82) is 0 Å². The van der Waals surface area contributed by atoms with Crippen molar-refractivity contribution in [2.24, 2.45) is 0 Å². The average molecular weight is 433 g/mol. The van der Waals surface area contributed by atoms with Gasteiger partial charge >= 0.3 is 0 Å². The van der Waals surface area contributed by atoms with Gasteiger partial charge in [0.1, 0.15) is 10.6 Å². The summed E-state index contributed by atoms with van der Waals surface area (Å²) in [5, 5.41) is 11.1. The zero-order chi connectivity index (χ0) is 22.0. The molecule has 7 heteroatoms. The summed E-state index contributed by atoms with van der Waals surface area (Å²) in [6, 6.07) is 23.3. The fourth-order valence-corrected chi connectivity index (χ4v) is 4.91. The highest BCUT2D eigenvalue weighted by Gasteiger charge is 2.47. The molecule has 0 bridgehead atoms. The van der Waals surface area contributed by atoms with E-state index in [1.54, 1.807) is 24.1 Å². The molecule has 1 aliphatic rings. The molecule has 0 aliphatic carbocycles. The molecule has 0 spiro atoms. The molecule has 0 aromatic heterocycles. The van der Waals surface area contributed by atoms with Crippen LogP contribution in [0.25, 0.3) is 6.08 Å². The van der Waals surface area contributed by atoms with Crippen LogP contribution in [0.5, 0.6) is 5.75 Å². The summed E-state index contributed by atoms with van der Waals surface area (Å²) in [5.41, 5.74) is 2.44. The molecule has 0 N–H and O–H groups in total. The molecule has 1 aliphatic heterocycles. The first-order chi connectivity index (χ1) is 14.9. The quantitative estimate of drug-likeness (QED) is 0.298. The molecule has 31 heavy (non-hydrogen) atoms. The molecule has 1 atom stereocenters. The Balaban J connectivity index is 1.78. The lowest BCUT2D eigenvalue weighted by atomic mass is 10.0. The van der Waals surface area contributed by atoms with Gasteiger partial charge in [-0.05, 0) is 48.4 Å². The van der Waals surface area contributed by atoms with Gasteiger partial charge in [0.05, 0.1) is 16.9 Å². The van der Waals surface area contributed by atoms with Crippen LogP contribution in [-0.4, -0.2) is 17.9 Å². The highest BCUT2D eigenvalue weighted by molar-refractivity contribution is 8.05. The summed E-state index contributed by atoms with van der Waals surface area (Å²) in [4.78, 5) is 25.7. The van der Waals surface area contributed by atoms with Gasteiger partial charge in [0.2, 0.25) is 0 Å². The Morgan fingerprint density at radius 3 is 2.23 bits per heavy atom. The number of thioether (sulfide) groups is 1. The largest absolute Gasteiger partial charge is 0.497 e. The second kappa shape index (κ2) is 8.28. The van der Waals surface area contributed by atoms with Crippen LogP contribution in [0.2, 0.25) is 0 Å². The van der Waals surface area contributed by atoms with Crippen molar-refractivity contribution < 1.29 is 14.5 Å². The zero-order valence-electron chi connectivity index (χ0n) is 17.0. The molecule has 1 heterocycles. The zero-order valence-corrected chi connectivity index (χ0v) is 17.8. The van der Waals surface area contributed by atoms with E-state index in [1.165, 1.54) is 23.9 Å². The number of hydrogen-bond donors (Lipinski definition) is 0. The minimum absolute atomic E-state index is 0.0153. The maximum Gasteiger partial charge on any atom is 0.269 e. The maximum atomic E-state index is 13.5. The number of carbonyl (C=O) groups is 1. The van der Waals surface area contributed by atoms with Gasteiger partial charge in [-0.15, -0.1) is 0 Å². The second-order valence-corrected chi connectivity index (χ2v) is 8.59. The number of nitro benzene ring substituents is 1. The molecule has 1 amide bonds. The lowest BCUT2D eigenvalue weighted by Crippen LogP contribution is -2.39. The summed E-state index contributed by atoms with van der Waals surface area (Å²) < 4.78 is 5.20. The molecule has 0 saturated carbocycles. The number of nitro groups is 1. The fraction of sp³-hybridized carbons (Fsp3) is 0.125. The molecule has 4 rings (SSSR count). The van der Waals surface area contributed by atoms with Crippen LogP contribution in [0.15, 0.2) is 83.8 Å². The van der Waals surface area contributed by atoms with Crippen molar-refractivity contribution in [3.8, 4) is 5.75 Å². The third-order valence-electron chi connectivity index (χ3n) is 5.19. The Labute approximate surface area is 184 Å². The molecular formula is C24H20N2O4S. The molecule has 156 valence electrons. The first kappa shape index (κ1) is 20.7. The van der Waals surface area contributed by atoms with E-state index in [-0.39, 0.29) is 11.6 Å². The SMILES string of the molecule is COc1ccc(/C=C2\SC(C)(c3ccccc3)N(c3ccc([N+](=O)[O-])cc3)C2=O)cc1. The van der Waals surface area contributed by atoms with E-state index >= 15 is 0 Å². The normalized spacial score (nSPS) is 19.6. The number of carbonyl (C=O) groups excluding carboxylic acids is 1. The van der Waals surface area contributed by atoms with Crippen molar-refractivity contribution in [2.75, 3.05) is 12.0 Å². The summed E-state index contributed by atoms with van der Waals surface area (Å²) >= 11 is 1.46. The van der Waals surface area contributed by atoms with E-state index in [0.29, 0.717) is 10.6 Å². The third kappa shape index (κ3) is 3.92. The molecule has 1 unspecified atom stereocenters. The van der Waals surface area contributed by atoms with Gasteiger partial charge in [-0.3, -0.25) is 19.8 Å². The summed E-state index contributed by atoms with van der Waals surface area (Å²) in [5.74, 6) is 0.593. The minimum Gasteiger partial charge on any atom is -0.497 e. The average Bonchev–Trinajstić information content (AvgIpc) is 3.05. The molecule has 3 aromatic rings. The number of non-ortho nitro benzene ring substituents is 1. The molecule has 6 nitrogen and oxygen atoms in total. The maximum absolute atomic E-state index is 13.5. The van der Waals surface area contributed by atoms with Crippen LogP contribution in [0, 0.1) is 10.1 Å². The third-order valence-corrected chi connectivity index (χ3v) is 6.52. The Morgan fingerprint density at radius 2 is 1.65 bits per heavy atom. The summed E-state index contributed by atoms with van der Waals surface area (Å²) in [6.45, 7) is 1.99. The lowest BCUT2D eigenvalue weighted by Gasteiger charge is -2.34. The second-order valence-electron chi connectivity index (χ2n) is 7.15. The van der Waals surface area contributed by atoms with Crippen LogP contribution in [0.4, 0.5) is 11.4 Å². The fourth-order valence-electron chi connectivity index (χ4n) is 3.57. The highest BCUT2D eigenvalue weighted by atomic mass is 32.2. The van der Waals surface area contributed by atoms with Crippen molar-refractivity contribution >= 4 is 35.1 Å². The van der Waals surface area contributed by atoms with Crippen LogP contribution in [0.3, 0.4) is 0 Å². The number of hydrogen-bond acceptors (Lipinski definition) is 5. The van der Waals surface area contributed by atoms with Crippen LogP contribution in [-0.2, 0) is 9.67 Å². The van der Waals surface area contributed by atoms with E-state index in [0.717, 1.165) is 16.9 Å². The van der Waals surface area contributed by atoms with Crippen LogP contribution >= 0.6 is 11.8 Å². The van der Waals surface area contributed by atoms with Gasteiger partial charge in [-0.2, -0.15) is 0 Å². The Bertz CT molecular complexity index is 1140. The minimum atomic E-state index is -0.702. The van der Waals surface area contributed by atoms with Gasteiger partial charge in [0.15, 0.2) is 0 Å². The van der Waals surface area contributed by atoms with E-state index in [1.807, 2.05) is 67.6 Å². The van der Waals surface area contributed by atoms with Crippen molar-refractivity contribution in [2.45, 2.75) is 11.8 Å². The summed E-state index contributed by atoms with van der Waals surface area (Å²) in [6.07, 6.45) is 1.86. The van der Waals surface area contributed by atoms with E-state index in [9.17, 15) is 14.9 Å². The molecule has 0 radical (unpaired) electrons. The smallest absolute Gasteiger partial charge is 0.269 e. The lowest BCUT2D eigenvalue weighted by molar-refractivity contribution is -0.384. The predicted molar refractivity (Wildman–Crippen MR) is 123 cm³/mol. The van der Waals surface area contributed by atoms with Crippen LogP contribution in [0.1, 0.15) is 18.1 Å². The molecule has 1 fully saturated rings. The van der Waals surface area contributed by atoms with Crippen molar-refractivity contribution in [3.63, 3.8) is 0 Å². The number of methoxy groups -OCH3 is 1. The molecular weight excluding hydrogens is 412 g/mol. The Kier molecular flexibility index (Phi) is 5.52. The Morgan fingerprint density at radius 1 is 1.00 bits per heavy atom. The monoisotopic (exact) mass is 432 g/mol. The van der Waals surface area contributed by atoms with Crippen molar-refractivity contribution in [3.05, 3.63) is 105 Å². The number of anilines is 1. The standard InChI is InChI=1S/C24H20N2O4S/c1-24(18-6-4-3-5-7-18)25(19-10-12-20(13-11-19)26(28)29)23(27)22(31-24)16-17-8-14-21(30-2)15-9-17/h3-16H,1-2H3/b22-16-. The van der Waals surface area contributed by atoms with Crippen LogP contribution < -0.4 is 9.64 Å². The number of rotatable bonds is 5. The molecule has 1 saturated heterocycles. The van der Waals surface area contributed by atoms with E-state index in [4.69, 9.17) is 4.74 Å². The first-order valence-corrected chi connectivity index (χ1v) is 10.4. The van der Waals surface area contributed by atoms with E-state index < -0.39 is 9.79 Å². The predicted octanol–water partition coefficient (Wildman–Crippen LogP) is 5.60. The number of benzene rings is 3. The van der Waals surface area contributed by atoms with Gasteiger partial charge in [0.25, 0.3) is 11.6 Å². The first-order valence-electron chi connectivity index (χ1n) is 9.62. The number of ether oxygens (including phenoxy) is 1. The highest BCUT2D eigenvalue weighted by Crippen LogP contribution is 2.53. The summed E-state index contributed by atoms with van der Waals surface area (Å²) in [7, 11) is 1.61. The number of amides is 1. The van der Waals surface area contributed by atoms with Gasteiger partial charge in [-0.25, -0.2) is 0 Å². The van der Waals surface area contributed by atoms with Crippen molar-refractivity contribution in [1.82, 2.24) is 0 Å². The topological polar surface area (TPSA) is 72.7 Å².